The smallest absolute Gasteiger partial charge is 0.168 e. The van der Waals surface area contributed by atoms with E-state index in [0.717, 1.165) is 0 Å². The van der Waals surface area contributed by atoms with Crippen molar-refractivity contribution in [2.24, 2.45) is 0 Å². The molecule has 0 aliphatic carbocycles. The normalized spacial score (nSPS) is 14.5. The fourth-order valence-electron chi connectivity index (χ4n) is 1.98. The Balaban J connectivity index is 2.67. The Morgan fingerprint density at radius 3 is 2.68 bits per heavy atom. The minimum Gasteiger partial charge on any atom is -0.494 e. The van der Waals surface area contributed by atoms with Crippen LogP contribution in [0.4, 0.5) is 4.39 Å². The molecule has 0 fully saturated rings. The number of ether oxygens (including phenoxy) is 1. The molecule has 0 amide bonds. The summed E-state index contributed by atoms with van der Waals surface area (Å²) >= 11 is 0. The summed E-state index contributed by atoms with van der Waals surface area (Å²) in [6.07, 6.45) is 0.845. The van der Waals surface area contributed by atoms with Crippen molar-refractivity contribution in [2.75, 3.05) is 13.7 Å². The minimum absolute atomic E-state index is 0.216. The third-order valence-electron chi connectivity index (χ3n) is 3.05. The van der Waals surface area contributed by atoms with E-state index in [9.17, 15) is 9.50 Å². The van der Waals surface area contributed by atoms with Crippen LogP contribution in [-0.4, -0.2) is 30.4 Å². The van der Waals surface area contributed by atoms with Gasteiger partial charge in [0.1, 0.15) is 0 Å². The molecular formula is C15H24FNO2. The summed E-state index contributed by atoms with van der Waals surface area (Å²) in [4.78, 5) is 0. The molecule has 1 atom stereocenters. The molecule has 0 heterocycles. The van der Waals surface area contributed by atoms with Crippen molar-refractivity contribution < 1.29 is 14.2 Å². The van der Waals surface area contributed by atoms with Gasteiger partial charge in [-0.1, -0.05) is 26.0 Å². The molecule has 19 heavy (non-hydrogen) atoms. The predicted molar refractivity (Wildman–Crippen MR) is 75.0 cm³/mol. The molecule has 1 aromatic rings. The Morgan fingerprint density at radius 1 is 1.42 bits per heavy atom. The summed E-state index contributed by atoms with van der Waals surface area (Å²) in [6, 6.07) is 5.37. The van der Waals surface area contributed by atoms with E-state index in [1.807, 2.05) is 0 Å². The van der Waals surface area contributed by atoms with Gasteiger partial charge in [-0.2, -0.15) is 0 Å². The van der Waals surface area contributed by atoms with Crippen LogP contribution in [0.5, 0.6) is 5.75 Å². The molecule has 1 aromatic carbocycles. The lowest BCUT2D eigenvalue weighted by Crippen LogP contribution is -2.34. The predicted octanol–water partition coefficient (Wildman–Crippen LogP) is 2.52. The molecule has 0 radical (unpaired) electrons. The zero-order valence-electron chi connectivity index (χ0n) is 12.2. The van der Waals surface area contributed by atoms with Crippen molar-refractivity contribution in [1.82, 2.24) is 5.32 Å². The number of hydrogen-bond donors (Lipinski definition) is 2. The highest BCUT2D eigenvalue weighted by molar-refractivity contribution is 5.31. The van der Waals surface area contributed by atoms with Crippen molar-refractivity contribution in [1.29, 1.82) is 0 Å². The fraction of sp³-hybridized carbons (Fsp3) is 0.600. The van der Waals surface area contributed by atoms with Gasteiger partial charge in [-0.25, -0.2) is 4.39 Å². The van der Waals surface area contributed by atoms with E-state index in [-0.39, 0.29) is 18.0 Å². The van der Waals surface area contributed by atoms with Gasteiger partial charge in [0.2, 0.25) is 0 Å². The van der Waals surface area contributed by atoms with Crippen LogP contribution in [0.3, 0.4) is 0 Å². The average Bonchev–Trinajstić information content (AvgIpc) is 2.31. The lowest BCUT2D eigenvalue weighted by Gasteiger charge is -2.24. The van der Waals surface area contributed by atoms with Gasteiger partial charge in [-0.05, 0) is 31.5 Å². The first-order valence-electron chi connectivity index (χ1n) is 6.63. The van der Waals surface area contributed by atoms with Gasteiger partial charge in [0.25, 0.3) is 0 Å². The lowest BCUT2D eigenvalue weighted by molar-refractivity contribution is 0.0501. The second-order valence-electron chi connectivity index (χ2n) is 5.47. The lowest BCUT2D eigenvalue weighted by atomic mass is 9.92. The number of aliphatic hydroxyl groups is 1. The Bertz CT molecular complexity index is 405. The van der Waals surface area contributed by atoms with Crippen LogP contribution in [0.15, 0.2) is 18.2 Å². The van der Waals surface area contributed by atoms with E-state index in [4.69, 9.17) is 4.74 Å². The molecule has 0 saturated heterocycles. The summed E-state index contributed by atoms with van der Waals surface area (Å²) in [6.45, 7) is 6.54. The molecule has 2 N–H and O–H groups in total. The van der Waals surface area contributed by atoms with Crippen molar-refractivity contribution in [3.05, 3.63) is 29.6 Å². The Morgan fingerprint density at radius 2 is 2.11 bits per heavy atom. The molecule has 3 nitrogen and oxygen atoms in total. The van der Waals surface area contributed by atoms with Gasteiger partial charge < -0.3 is 15.2 Å². The maximum atomic E-state index is 14.0. The van der Waals surface area contributed by atoms with Gasteiger partial charge in [0, 0.05) is 12.5 Å². The van der Waals surface area contributed by atoms with Gasteiger partial charge in [-0.15, -0.1) is 0 Å². The van der Waals surface area contributed by atoms with E-state index in [2.05, 4.69) is 19.2 Å². The summed E-state index contributed by atoms with van der Waals surface area (Å²) in [5.41, 5.74) is -0.455. The topological polar surface area (TPSA) is 41.5 Å². The molecule has 1 unspecified atom stereocenters. The van der Waals surface area contributed by atoms with Gasteiger partial charge in [-0.3, -0.25) is 0 Å². The van der Waals surface area contributed by atoms with Crippen molar-refractivity contribution in [2.45, 2.75) is 45.3 Å². The monoisotopic (exact) mass is 269 g/mol. The first-order valence-corrected chi connectivity index (χ1v) is 6.63. The second kappa shape index (κ2) is 6.87. The molecule has 0 aliphatic heterocycles. The number of rotatable bonds is 7. The Kier molecular flexibility index (Phi) is 5.76. The average molecular weight is 269 g/mol. The highest BCUT2D eigenvalue weighted by Gasteiger charge is 2.23. The van der Waals surface area contributed by atoms with Crippen LogP contribution in [0.2, 0.25) is 0 Å². The molecule has 4 heteroatoms. The number of benzene rings is 1. The number of hydrogen-bond acceptors (Lipinski definition) is 3. The second-order valence-corrected chi connectivity index (χ2v) is 5.47. The van der Waals surface area contributed by atoms with E-state index < -0.39 is 5.60 Å². The first-order chi connectivity index (χ1) is 8.85. The van der Waals surface area contributed by atoms with E-state index in [1.165, 1.54) is 7.11 Å². The summed E-state index contributed by atoms with van der Waals surface area (Å²) in [5, 5.41) is 13.6. The van der Waals surface area contributed by atoms with Crippen LogP contribution in [0.25, 0.3) is 0 Å². The van der Waals surface area contributed by atoms with Crippen LogP contribution in [0, 0.1) is 5.82 Å². The zero-order chi connectivity index (χ0) is 14.5. The molecule has 0 saturated carbocycles. The standard InChI is InChI=1S/C15H24FNO2/c1-11(2)17-9-8-15(3,18)10-12-6-5-7-13(19-4)14(12)16/h5-7,11,17-18H,8-10H2,1-4H3. The molecule has 0 aliphatic rings. The summed E-state index contributed by atoms with van der Waals surface area (Å²) in [7, 11) is 1.44. The van der Waals surface area contributed by atoms with E-state index in [1.54, 1.807) is 25.1 Å². The van der Waals surface area contributed by atoms with Crippen LogP contribution < -0.4 is 10.1 Å². The van der Waals surface area contributed by atoms with Crippen molar-refractivity contribution in [3.8, 4) is 5.75 Å². The molecule has 0 aromatic heterocycles. The quantitative estimate of drug-likeness (QED) is 0.799. The third-order valence-corrected chi connectivity index (χ3v) is 3.05. The summed E-state index contributed by atoms with van der Waals surface area (Å²) < 4.78 is 18.9. The molecule has 0 bridgehead atoms. The minimum atomic E-state index is -0.935. The van der Waals surface area contributed by atoms with Gasteiger partial charge >= 0.3 is 0 Å². The SMILES string of the molecule is COc1cccc(CC(C)(O)CCNC(C)C)c1F. The van der Waals surface area contributed by atoms with E-state index >= 15 is 0 Å². The Labute approximate surface area is 114 Å². The fourth-order valence-corrected chi connectivity index (χ4v) is 1.98. The van der Waals surface area contributed by atoms with Crippen molar-refractivity contribution >= 4 is 0 Å². The zero-order valence-corrected chi connectivity index (χ0v) is 12.2. The number of nitrogens with one attached hydrogen (secondary N) is 1. The molecule has 0 spiro atoms. The van der Waals surface area contributed by atoms with E-state index in [0.29, 0.717) is 24.6 Å². The third kappa shape index (κ3) is 5.17. The highest BCUT2D eigenvalue weighted by atomic mass is 19.1. The molecule has 108 valence electrons. The number of halogens is 1. The van der Waals surface area contributed by atoms with Crippen LogP contribution in [0.1, 0.15) is 32.8 Å². The maximum absolute atomic E-state index is 14.0. The highest BCUT2D eigenvalue weighted by Crippen LogP contribution is 2.24. The molecular weight excluding hydrogens is 245 g/mol. The molecule has 1 rings (SSSR count). The van der Waals surface area contributed by atoms with Crippen LogP contribution >= 0.6 is 0 Å². The van der Waals surface area contributed by atoms with Gasteiger partial charge in [0.05, 0.1) is 12.7 Å². The van der Waals surface area contributed by atoms with Gasteiger partial charge in [0.15, 0.2) is 11.6 Å². The van der Waals surface area contributed by atoms with Crippen LogP contribution in [-0.2, 0) is 6.42 Å². The largest absolute Gasteiger partial charge is 0.494 e. The van der Waals surface area contributed by atoms with Crippen molar-refractivity contribution in [3.63, 3.8) is 0 Å². The maximum Gasteiger partial charge on any atom is 0.168 e. The summed E-state index contributed by atoms with van der Waals surface area (Å²) in [5.74, 6) is -0.171. The first kappa shape index (κ1) is 15.9. The Hall–Kier alpha value is -1.13. The number of methoxy groups -OCH3 is 1.